The first-order chi connectivity index (χ1) is 9.86. The van der Waals surface area contributed by atoms with Gasteiger partial charge in [-0.2, -0.15) is 18.3 Å². The van der Waals surface area contributed by atoms with Crippen molar-refractivity contribution in [1.82, 2.24) is 15.1 Å². The number of halogens is 3. The van der Waals surface area contributed by atoms with Crippen LogP contribution < -0.4 is 11.1 Å². The second kappa shape index (κ2) is 6.36. The molecule has 2 atom stereocenters. The van der Waals surface area contributed by atoms with Gasteiger partial charge < -0.3 is 11.1 Å². The number of nitrogen functional groups attached to an aromatic ring is 1. The van der Waals surface area contributed by atoms with Gasteiger partial charge in [-0.25, -0.2) is 0 Å². The second-order valence-electron chi connectivity index (χ2n) is 5.43. The van der Waals surface area contributed by atoms with Gasteiger partial charge in [0.1, 0.15) is 0 Å². The molecule has 8 heteroatoms. The van der Waals surface area contributed by atoms with E-state index < -0.39 is 18.0 Å². The lowest BCUT2D eigenvalue weighted by Crippen LogP contribution is -2.38. The lowest BCUT2D eigenvalue weighted by atomic mass is 9.80. The van der Waals surface area contributed by atoms with Crippen molar-refractivity contribution in [3.63, 3.8) is 0 Å². The molecule has 118 valence electrons. The normalized spacial score (nSPS) is 23.0. The fraction of sp³-hybridized carbons (Fsp3) is 0.692. The van der Waals surface area contributed by atoms with Crippen LogP contribution in [-0.4, -0.2) is 28.4 Å². The molecule has 0 radical (unpaired) electrons. The summed E-state index contributed by atoms with van der Waals surface area (Å²) in [6, 6.07) is 0. The van der Waals surface area contributed by atoms with Gasteiger partial charge in [-0.05, 0) is 19.3 Å². The maximum absolute atomic E-state index is 12.7. The fourth-order valence-electron chi connectivity index (χ4n) is 2.67. The molecule has 1 heterocycles. The number of hydrogen-bond donors (Lipinski definition) is 2. The highest BCUT2D eigenvalue weighted by Crippen LogP contribution is 2.39. The van der Waals surface area contributed by atoms with Gasteiger partial charge in [0.15, 0.2) is 0 Å². The van der Waals surface area contributed by atoms with E-state index in [9.17, 15) is 18.0 Å². The molecule has 1 aromatic heterocycles. The number of rotatable bonds is 4. The molecule has 1 saturated carbocycles. The van der Waals surface area contributed by atoms with E-state index in [-0.39, 0.29) is 18.7 Å². The summed E-state index contributed by atoms with van der Waals surface area (Å²) < 4.78 is 39.7. The highest BCUT2D eigenvalue weighted by molar-refractivity contribution is 5.78. The molecule has 0 spiro atoms. The Hall–Kier alpha value is -1.73. The van der Waals surface area contributed by atoms with E-state index in [4.69, 9.17) is 5.73 Å². The van der Waals surface area contributed by atoms with Crippen LogP contribution in [0.2, 0.25) is 0 Å². The van der Waals surface area contributed by atoms with Gasteiger partial charge in [-0.1, -0.05) is 6.42 Å². The molecule has 5 nitrogen and oxygen atoms in total. The average Bonchev–Trinajstić information content (AvgIpc) is 2.83. The predicted octanol–water partition coefficient (Wildman–Crippen LogP) is 1.95. The van der Waals surface area contributed by atoms with Crippen LogP contribution in [0.25, 0.3) is 0 Å². The first kappa shape index (κ1) is 15.7. The largest absolute Gasteiger partial charge is 0.396 e. The lowest BCUT2D eigenvalue weighted by Gasteiger charge is -2.29. The highest BCUT2D eigenvalue weighted by atomic mass is 19.4. The van der Waals surface area contributed by atoms with E-state index >= 15 is 0 Å². The Bertz CT molecular complexity index is 486. The van der Waals surface area contributed by atoms with Crippen molar-refractivity contribution in [2.45, 2.75) is 38.4 Å². The Morgan fingerprint density at radius 1 is 1.48 bits per heavy atom. The Morgan fingerprint density at radius 3 is 2.86 bits per heavy atom. The van der Waals surface area contributed by atoms with Crippen LogP contribution in [-0.2, 0) is 11.3 Å². The minimum atomic E-state index is -4.20. The van der Waals surface area contributed by atoms with Crippen LogP contribution in [0.4, 0.5) is 18.9 Å². The summed E-state index contributed by atoms with van der Waals surface area (Å²) >= 11 is 0. The zero-order valence-corrected chi connectivity index (χ0v) is 11.6. The molecule has 1 aromatic rings. The van der Waals surface area contributed by atoms with Gasteiger partial charge in [0.2, 0.25) is 5.91 Å². The summed E-state index contributed by atoms with van der Waals surface area (Å²) in [6.07, 6.45) is -0.0934. The third-order valence-corrected chi connectivity index (χ3v) is 3.80. The van der Waals surface area contributed by atoms with E-state index in [1.807, 2.05) is 0 Å². The van der Waals surface area contributed by atoms with Crippen LogP contribution in [0.1, 0.15) is 25.7 Å². The van der Waals surface area contributed by atoms with Gasteiger partial charge >= 0.3 is 6.18 Å². The zero-order chi connectivity index (χ0) is 15.5. The number of amides is 1. The predicted molar refractivity (Wildman–Crippen MR) is 71.2 cm³/mol. The van der Waals surface area contributed by atoms with Gasteiger partial charge in [-0.3, -0.25) is 9.48 Å². The molecule has 0 aliphatic heterocycles. The molecule has 21 heavy (non-hydrogen) atoms. The molecule has 1 aliphatic carbocycles. The molecule has 0 saturated heterocycles. The van der Waals surface area contributed by atoms with Crippen LogP contribution in [0.15, 0.2) is 12.4 Å². The quantitative estimate of drug-likeness (QED) is 0.893. The number of carbonyl (C=O) groups is 1. The van der Waals surface area contributed by atoms with Crippen molar-refractivity contribution in [1.29, 1.82) is 0 Å². The maximum Gasteiger partial charge on any atom is 0.391 e. The Balaban J connectivity index is 1.77. The maximum atomic E-state index is 12.7. The third-order valence-electron chi connectivity index (χ3n) is 3.80. The van der Waals surface area contributed by atoms with Crippen molar-refractivity contribution in [3.05, 3.63) is 12.4 Å². The fourth-order valence-corrected chi connectivity index (χ4v) is 2.67. The summed E-state index contributed by atoms with van der Waals surface area (Å²) in [4.78, 5) is 11.9. The van der Waals surface area contributed by atoms with Crippen LogP contribution in [0.3, 0.4) is 0 Å². The number of anilines is 1. The van der Waals surface area contributed by atoms with Crippen molar-refractivity contribution >= 4 is 11.6 Å². The highest BCUT2D eigenvalue weighted by Gasteiger charge is 2.43. The number of carbonyl (C=O) groups excluding carboxylic acids is 1. The molecule has 1 aliphatic rings. The van der Waals surface area contributed by atoms with E-state index in [2.05, 4.69) is 10.4 Å². The summed E-state index contributed by atoms with van der Waals surface area (Å²) in [5.74, 6) is -2.20. The first-order valence-electron chi connectivity index (χ1n) is 6.98. The molecule has 3 N–H and O–H groups in total. The monoisotopic (exact) mass is 304 g/mol. The molecule has 0 bridgehead atoms. The third kappa shape index (κ3) is 4.37. The van der Waals surface area contributed by atoms with Gasteiger partial charge in [0.25, 0.3) is 0 Å². The van der Waals surface area contributed by atoms with Crippen molar-refractivity contribution in [2.24, 2.45) is 11.8 Å². The smallest absolute Gasteiger partial charge is 0.391 e. The molecular weight excluding hydrogens is 285 g/mol. The standard InChI is InChI=1S/C13H19F3N4O/c14-13(15,16)10-3-1-2-9(6-10)12(21)18-4-5-20-8-11(17)7-19-20/h7-10H,1-6,17H2,(H,18,21). The number of alkyl halides is 3. The van der Waals surface area contributed by atoms with E-state index in [0.717, 1.165) is 0 Å². The molecular formula is C13H19F3N4O. The van der Waals surface area contributed by atoms with Gasteiger partial charge in [0, 0.05) is 18.7 Å². The van der Waals surface area contributed by atoms with E-state index in [1.54, 1.807) is 10.9 Å². The molecule has 2 rings (SSSR count). The molecule has 2 unspecified atom stereocenters. The Morgan fingerprint density at radius 2 is 2.24 bits per heavy atom. The summed E-state index contributed by atoms with van der Waals surface area (Å²) in [6.45, 7) is 0.769. The SMILES string of the molecule is Nc1cnn(CCNC(=O)C2CCCC(C(F)(F)F)C2)c1. The number of nitrogens with one attached hydrogen (secondary N) is 1. The summed E-state index contributed by atoms with van der Waals surface area (Å²) in [5, 5.41) is 6.64. The Labute approximate surface area is 120 Å². The molecule has 1 fully saturated rings. The molecule has 1 amide bonds. The van der Waals surface area contributed by atoms with Crippen LogP contribution in [0, 0.1) is 11.8 Å². The second-order valence-corrected chi connectivity index (χ2v) is 5.43. The van der Waals surface area contributed by atoms with Crippen LogP contribution in [0.5, 0.6) is 0 Å². The number of nitrogens with zero attached hydrogens (tertiary/aromatic N) is 2. The van der Waals surface area contributed by atoms with Gasteiger partial charge in [-0.15, -0.1) is 0 Å². The zero-order valence-electron chi connectivity index (χ0n) is 11.6. The minimum Gasteiger partial charge on any atom is -0.396 e. The van der Waals surface area contributed by atoms with Crippen LogP contribution >= 0.6 is 0 Å². The van der Waals surface area contributed by atoms with Crippen molar-refractivity contribution in [3.8, 4) is 0 Å². The number of hydrogen-bond acceptors (Lipinski definition) is 3. The van der Waals surface area contributed by atoms with Gasteiger partial charge in [0.05, 0.1) is 24.3 Å². The topological polar surface area (TPSA) is 72.9 Å². The summed E-state index contributed by atoms with van der Waals surface area (Å²) in [7, 11) is 0. The summed E-state index contributed by atoms with van der Waals surface area (Å²) in [5.41, 5.74) is 6.04. The van der Waals surface area contributed by atoms with Crippen molar-refractivity contribution in [2.75, 3.05) is 12.3 Å². The average molecular weight is 304 g/mol. The number of aromatic nitrogens is 2. The lowest BCUT2D eigenvalue weighted by molar-refractivity contribution is -0.186. The Kier molecular flexibility index (Phi) is 4.74. The van der Waals surface area contributed by atoms with E-state index in [0.29, 0.717) is 31.6 Å². The van der Waals surface area contributed by atoms with E-state index in [1.165, 1.54) is 6.20 Å². The first-order valence-corrected chi connectivity index (χ1v) is 6.98. The minimum absolute atomic E-state index is 0.107. The number of nitrogens with two attached hydrogens (primary N) is 1. The van der Waals surface area contributed by atoms with Crippen molar-refractivity contribution < 1.29 is 18.0 Å². The molecule has 0 aromatic carbocycles.